The number of aromatic nitrogens is 1. The fraction of sp³-hybridized carbons (Fsp3) is 0. The Bertz CT molecular complexity index is 1020. The van der Waals surface area contributed by atoms with Gasteiger partial charge in [-0.2, -0.15) is 10.2 Å². The zero-order chi connectivity index (χ0) is 16.4. The van der Waals surface area contributed by atoms with E-state index in [9.17, 15) is 15.2 Å². The van der Waals surface area contributed by atoms with Crippen LogP contribution in [-0.4, -0.2) is 10.1 Å². The minimum atomic E-state index is -0.411. The third-order valence-electron chi connectivity index (χ3n) is 3.21. The summed E-state index contributed by atoms with van der Waals surface area (Å²) in [5.74, 6) is -0.196. The molecular formula is C17H9BrN2O2S. The number of fused-ring (bicyclic) bond motifs is 1. The van der Waals surface area contributed by atoms with Crippen LogP contribution in [0.4, 0.5) is 0 Å². The number of benzene rings is 2. The first-order valence-electron chi connectivity index (χ1n) is 6.59. The molecule has 3 aromatic rings. The van der Waals surface area contributed by atoms with Gasteiger partial charge in [0.05, 0.1) is 5.39 Å². The van der Waals surface area contributed by atoms with E-state index in [0.29, 0.717) is 10.9 Å². The molecule has 0 radical (unpaired) electrons. The van der Waals surface area contributed by atoms with Gasteiger partial charge in [-0.1, -0.05) is 40.2 Å². The molecule has 1 N–H and O–H groups in total. The van der Waals surface area contributed by atoms with Crippen LogP contribution in [0.1, 0.15) is 10.6 Å². The average Bonchev–Trinajstić information content (AvgIpc) is 2.56. The topological polar surface area (TPSA) is 74.0 Å². The zero-order valence-electron chi connectivity index (χ0n) is 11.7. The quantitative estimate of drug-likeness (QED) is 0.525. The Kier molecular flexibility index (Phi) is 4.24. The summed E-state index contributed by atoms with van der Waals surface area (Å²) in [7, 11) is 0. The fourth-order valence-electron chi connectivity index (χ4n) is 2.07. The van der Waals surface area contributed by atoms with E-state index in [4.69, 9.17) is 0 Å². The summed E-state index contributed by atoms with van der Waals surface area (Å²) in [5, 5.41) is 20.5. The maximum atomic E-state index is 12.1. The van der Waals surface area contributed by atoms with Gasteiger partial charge < -0.3 is 5.11 Å². The van der Waals surface area contributed by atoms with Crippen LogP contribution in [0.5, 0.6) is 0 Å². The lowest BCUT2D eigenvalue weighted by atomic mass is 10.1. The summed E-state index contributed by atoms with van der Waals surface area (Å²) in [4.78, 5) is 16.0. The SMILES string of the molecule is N#C/C(=C(/O)c1ccc(Br)cc1)c1nc(=O)c2ccccc2s1. The van der Waals surface area contributed by atoms with Crippen molar-refractivity contribution in [3.8, 4) is 6.07 Å². The van der Waals surface area contributed by atoms with Crippen LogP contribution < -0.4 is 5.56 Å². The largest absolute Gasteiger partial charge is 0.506 e. The molecule has 112 valence electrons. The van der Waals surface area contributed by atoms with Crippen LogP contribution in [0.25, 0.3) is 21.4 Å². The van der Waals surface area contributed by atoms with E-state index in [1.165, 1.54) is 11.3 Å². The summed E-state index contributed by atoms with van der Waals surface area (Å²) in [5.41, 5.74) is 0.0604. The molecule has 0 saturated carbocycles. The summed E-state index contributed by atoms with van der Waals surface area (Å²) in [6, 6.07) is 15.9. The van der Waals surface area contributed by atoms with Crippen molar-refractivity contribution in [2.45, 2.75) is 0 Å². The van der Waals surface area contributed by atoms with Gasteiger partial charge in [-0.05, 0) is 24.3 Å². The van der Waals surface area contributed by atoms with Crippen molar-refractivity contribution in [1.29, 1.82) is 5.26 Å². The van der Waals surface area contributed by atoms with Gasteiger partial charge in [0, 0.05) is 14.7 Å². The number of aliphatic hydroxyl groups excluding tert-OH is 1. The van der Waals surface area contributed by atoms with Crippen molar-refractivity contribution < 1.29 is 5.11 Å². The molecular weight excluding hydrogens is 376 g/mol. The third kappa shape index (κ3) is 3.02. The predicted molar refractivity (Wildman–Crippen MR) is 95.1 cm³/mol. The predicted octanol–water partition coefficient (Wildman–Crippen LogP) is 4.37. The second-order valence-corrected chi connectivity index (χ2v) is 6.61. The average molecular weight is 385 g/mol. The van der Waals surface area contributed by atoms with E-state index in [2.05, 4.69) is 20.9 Å². The first-order valence-corrected chi connectivity index (χ1v) is 8.20. The molecule has 0 amide bonds. The molecule has 0 spiro atoms. The minimum absolute atomic E-state index is 0.0137. The Labute approximate surface area is 144 Å². The Balaban J connectivity index is 2.22. The fourth-order valence-corrected chi connectivity index (χ4v) is 3.33. The van der Waals surface area contributed by atoms with Crippen LogP contribution in [0.15, 0.2) is 57.8 Å². The molecule has 0 aliphatic heterocycles. The summed E-state index contributed by atoms with van der Waals surface area (Å²) >= 11 is 4.52. The van der Waals surface area contributed by atoms with Crippen molar-refractivity contribution in [1.82, 2.24) is 4.98 Å². The second-order valence-electron chi connectivity index (χ2n) is 4.66. The monoisotopic (exact) mass is 384 g/mol. The van der Waals surface area contributed by atoms with Crippen LogP contribution in [0.2, 0.25) is 0 Å². The Morgan fingerprint density at radius 3 is 2.57 bits per heavy atom. The molecule has 23 heavy (non-hydrogen) atoms. The van der Waals surface area contributed by atoms with E-state index in [-0.39, 0.29) is 16.3 Å². The lowest BCUT2D eigenvalue weighted by molar-refractivity contribution is 0.514. The second kappa shape index (κ2) is 6.32. The molecule has 3 rings (SSSR count). The molecule has 0 atom stereocenters. The summed E-state index contributed by atoms with van der Waals surface area (Å²) < 4.78 is 1.58. The van der Waals surface area contributed by atoms with Crippen LogP contribution in [-0.2, 0) is 0 Å². The van der Waals surface area contributed by atoms with Crippen molar-refractivity contribution in [2.24, 2.45) is 0 Å². The normalized spacial score (nSPS) is 11.8. The van der Waals surface area contributed by atoms with E-state index in [1.54, 1.807) is 42.5 Å². The van der Waals surface area contributed by atoms with Gasteiger partial charge in [0.2, 0.25) is 0 Å². The van der Waals surface area contributed by atoms with Crippen LogP contribution in [0.3, 0.4) is 0 Å². The molecule has 0 aliphatic rings. The lowest BCUT2D eigenvalue weighted by Gasteiger charge is -2.05. The molecule has 0 saturated heterocycles. The maximum absolute atomic E-state index is 12.1. The standard InChI is InChI=1S/C17H9BrN2O2S/c18-11-7-5-10(6-8-11)15(21)13(9-19)17-20-16(22)12-3-1-2-4-14(12)23-17/h1-8,21H/b15-13-. The number of nitrogens with zero attached hydrogens (tertiary/aromatic N) is 2. The number of aliphatic hydroxyl groups is 1. The van der Waals surface area contributed by atoms with E-state index in [0.717, 1.165) is 9.17 Å². The van der Waals surface area contributed by atoms with Crippen LogP contribution >= 0.6 is 27.3 Å². The number of hydrogen-bond donors (Lipinski definition) is 1. The molecule has 0 fully saturated rings. The molecule has 6 heteroatoms. The van der Waals surface area contributed by atoms with Gasteiger partial charge in [0.25, 0.3) is 5.56 Å². The highest BCUT2D eigenvalue weighted by Crippen LogP contribution is 2.28. The van der Waals surface area contributed by atoms with Gasteiger partial charge in [-0.15, -0.1) is 11.3 Å². The smallest absolute Gasteiger partial charge is 0.279 e. The number of rotatable bonds is 2. The number of hydrogen-bond acceptors (Lipinski definition) is 5. The number of nitriles is 1. The van der Waals surface area contributed by atoms with Crippen molar-refractivity contribution in [3.05, 3.63) is 73.9 Å². The highest BCUT2D eigenvalue weighted by Gasteiger charge is 2.15. The minimum Gasteiger partial charge on any atom is -0.506 e. The van der Waals surface area contributed by atoms with E-state index in [1.807, 2.05) is 12.1 Å². The van der Waals surface area contributed by atoms with Gasteiger partial charge in [0.1, 0.15) is 22.4 Å². The Morgan fingerprint density at radius 2 is 1.87 bits per heavy atom. The van der Waals surface area contributed by atoms with E-state index < -0.39 is 5.56 Å². The highest BCUT2D eigenvalue weighted by molar-refractivity contribution is 9.10. The maximum Gasteiger partial charge on any atom is 0.279 e. The van der Waals surface area contributed by atoms with Gasteiger partial charge in [0.15, 0.2) is 0 Å². The number of halogens is 1. The summed E-state index contributed by atoms with van der Waals surface area (Å²) in [6.45, 7) is 0. The number of allylic oxidation sites excluding steroid dienone is 1. The molecule has 1 aromatic heterocycles. The van der Waals surface area contributed by atoms with Crippen LogP contribution in [0, 0.1) is 11.3 Å². The Hall–Kier alpha value is -2.49. The Morgan fingerprint density at radius 1 is 1.17 bits per heavy atom. The first kappa shape index (κ1) is 15.4. The van der Waals surface area contributed by atoms with Gasteiger partial charge >= 0.3 is 0 Å². The van der Waals surface area contributed by atoms with Gasteiger partial charge in [-0.3, -0.25) is 4.79 Å². The highest BCUT2D eigenvalue weighted by atomic mass is 79.9. The van der Waals surface area contributed by atoms with Crippen molar-refractivity contribution in [2.75, 3.05) is 0 Å². The molecule has 2 aromatic carbocycles. The first-order chi connectivity index (χ1) is 11.1. The summed E-state index contributed by atoms with van der Waals surface area (Å²) in [6.07, 6.45) is 0. The van der Waals surface area contributed by atoms with Crippen molar-refractivity contribution >= 4 is 48.7 Å². The van der Waals surface area contributed by atoms with Crippen molar-refractivity contribution in [3.63, 3.8) is 0 Å². The zero-order valence-corrected chi connectivity index (χ0v) is 14.1. The molecule has 4 nitrogen and oxygen atoms in total. The molecule has 0 bridgehead atoms. The van der Waals surface area contributed by atoms with E-state index >= 15 is 0 Å². The molecule has 1 heterocycles. The molecule has 0 unspecified atom stereocenters. The van der Waals surface area contributed by atoms with Gasteiger partial charge in [-0.25, -0.2) is 0 Å². The lowest BCUT2D eigenvalue weighted by Crippen LogP contribution is -2.07. The third-order valence-corrected chi connectivity index (χ3v) is 4.80. The molecule has 0 aliphatic carbocycles.